The number of likely N-dealkylation sites (tertiary alicyclic amines) is 1. The third kappa shape index (κ3) is 5.04. The van der Waals surface area contributed by atoms with Gasteiger partial charge in [0.1, 0.15) is 0 Å². The van der Waals surface area contributed by atoms with Crippen LogP contribution >= 0.6 is 0 Å². The molecule has 0 bridgehead atoms. The predicted octanol–water partition coefficient (Wildman–Crippen LogP) is 3.51. The normalized spacial score (nSPS) is 17.4. The smallest absolute Gasteiger partial charge is 0.236 e. The number of carbonyl (C=O) groups excluding carboxylic acids is 1. The molecule has 2 aliphatic rings. The van der Waals surface area contributed by atoms with Crippen molar-refractivity contribution >= 4 is 22.4 Å². The van der Waals surface area contributed by atoms with Crippen molar-refractivity contribution in [1.29, 1.82) is 5.26 Å². The zero-order valence-corrected chi connectivity index (χ0v) is 19.2. The fourth-order valence-electron chi connectivity index (χ4n) is 4.81. The number of carbonyl (C=O) groups is 1. The zero-order chi connectivity index (χ0) is 23.3. The number of nitriles is 1. The Labute approximate surface area is 199 Å². The van der Waals surface area contributed by atoms with Gasteiger partial charge >= 0.3 is 0 Å². The molecule has 0 aliphatic carbocycles. The van der Waals surface area contributed by atoms with Crippen molar-refractivity contribution in [2.24, 2.45) is 0 Å². The van der Waals surface area contributed by atoms with Gasteiger partial charge in [-0.1, -0.05) is 12.1 Å². The molecule has 7 nitrogen and oxygen atoms in total. The van der Waals surface area contributed by atoms with Crippen molar-refractivity contribution in [2.45, 2.75) is 18.9 Å². The number of morpholine rings is 1. The van der Waals surface area contributed by atoms with E-state index in [1.54, 1.807) is 0 Å². The Bertz CT molecular complexity index is 1210. The van der Waals surface area contributed by atoms with Crippen LogP contribution in [0.2, 0.25) is 0 Å². The molecule has 174 valence electrons. The molecule has 5 rings (SSSR count). The number of ether oxygens (including phenoxy) is 1. The van der Waals surface area contributed by atoms with Gasteiger partial charge in [-0.05, 0) is 59.7 Å². The average molecular weight is 456 g/mol. The van der Waals surface area contributed by atoms with E-state index in [1.165, 1.54) is 0 Å². The van der Waals surface area contributed by atoms with Gasteiger partial charge in [-0.25, -0.2) is 0 Å². The van der Waals surface area contributed by atoms with E-state index in [9.17, 15) is 10.1 Å². The minimum absolute atomic E-state index is 0.207. The van der Waals surface area contributed by atoms with Crippen LogP contribution in [-0.4, -0.2) is 72.7 Å². The summed E-state index contributed by atoms with van der Waals surface area (Å²) in [6, 6.07) is 16.6. The predicted molar refractivity (Wildman–Crippen MR) is 132 cm³/mol. The Morgan fingerprint density at radius 3 is 2.71 bits per heavy atom. The summed E-state index contributed by atoms with van der Waals surface area (Å²) < 4.78 is 5.35. The second kappa shape index (κ2) is 10.2. The van der Waals surface area contributed by atoms with E-state index in [0.717, 1.165) is 53.5 Å². The molecule has 0 atom stereocenters. The van der Waals surface area contributed by atoms with Crippen molar-refractivity contribution in [3.8, 4) is 17.2 Å². The second-order valence-corrected chi connectivity index (χ2v) is 9.00. The van der Waals surface area contributed by atoms with E-state index >= 15 is 0 Å². The summed E-state index contributed by atoms with van der Waals surface area (Å²) in [5.74, 6) is 0.207. The summed E-state index contributed by atoms with van der Waals surface area (Å²) >= 11 is 0. The minimum atomic E-state index is 0.207. The summed E-state index contributed by atoms with van der Waals surface area (Å²) in [7, 11) is 0. The molecule has 2 saturated heterocycles. The maximum absolute atomic E-state index is 12.6. The first kappa shape index (κ1) is 22.3. The first-order valence-electron chi connectivity index (χ1n) is 11.9. The Kier molecular flexibility index (Phi) is 6.70. The van der Waals surface area contributed by atoms with Gasteiger partial charge in [0.2, 0.25) is 5.91 Å². The van der Waals surface area contributed by atoms with Crippen LogP contribution in [0.15, 0.2) is 54.9 Å². The van der Waals surface area contributed by atoms with Crippen LogP contribution in [0.1, 0.15) is 18.4 Å². The Morgan fingerprint density at radius 2 is 1.91 bits per heavy atom. The van der Waals surface area contributed by atoms with Gasteiger partial charge in [0.25, 0.3) is 0 Å². The number of amides is 1. The lowest BCUT2D eigenvalue weighted by molar-refractivity contribution is -0.136. The first-order valence-corrected chi connectivity index (χ1v) is 11.9. The van der Waals surface area contributed by atoms with Gasteiger partial charge in [-0.3, -0.25) is 14.7 Å². The van der Waals surface area contributed by atoms with Crippen LogP contribution in [0.4, 0.5) is 5.69 Å². The molecule has 2 aliphatic heterocycles. The van der Waals surface area contributed by atoms with Crippen molar-refractivity contribution in [2.75, 3.05) is 51.3 Å². The highest BCUT2D eigenvalue weighted by Crippen LogP contribution is 2.32. The minimum Gasteiger partial charge on any atom is -0.382 e. The van der Waals surface area contributed by atoms with E-state index < -0.39 is 0 Å². The van der Waals surface area contributed by atoms with E-state index in [2.05, 4.69) is 33.4 Å². The maximum Gasteiger partial charge on any atom is 0.236 e. The van der Waals surface area contributed by atoms with Gasteiger partial charge < -0.3 is 15.0 Å². The van der Waals surface area contributed by atoms with Gasteiger partial charge in [0.15, 0.2) is 0 Å². The van der Waals surface area contributed by atoms with E-state index in [4.69, 9.17) is 4.74 Å². The molecule has 0 spiro atoms. The second-order valence-electron chi connectivity index (χ2n) is 9.00. The number of hydrogen-bond acceptors (Lipinski definition) is 6. The summed E-state index contributed by atoms with van der Waals surface area (Å²) in [6.45, 7) is 4.96. The molecule has 34 heavy (non-hydrogen) atoms. The molecule has 2 fully saturated rings. The summed E-state index contributed by atoms with van der Waals surface area (Å²) in [4.78, 5) is 21.1. The zero-order valence-electron chi connectivity index (χ0n) is 19.2. The number of nitrogens with one attached hydrogen (secondary N) is 1. The summed E-state index contributed by atoms with van der Waals surface area (Å²) in [5, 5.41) is 15.3. The van der Waals surface area contributed by atoms with Crippen LogP contribution in [0.25, 0.3) is 21.9 Å². The molecule has 0 saturated carbocycles. The number of nitrogens with zero attached hydrogens (tertiary/aromatic N) is 4. The fraction of sp³-hybridized carbons (Fsp3) is 0.370. The number of fused-ring (bicyclic) bond motifs is 1. The quantitative estimate of drug-likeness (QED) is 0.634. The maximum atomic E-state index is 12.6. The third-order valence-electron chi connectivity index (χ3n) is 6.75. The highest BCUT2D eigenvalue weighted by Gasteiger charge is 2.24. The Morgan fingerprint density at radius 1 is 1.09 bits per heavy atom. The fourth-order valence-corrected chi connectivity index (χ4v) is 4.81. The molecule has 0 radical (unpaired) electrons. The molecule has 1 N–H and O–H groups in total. The number of hydrogen-bond donors (Lipinski definition) is 1. The molecule has 1 aromatic heterocycles. The topological polar surface area (TPSA) is 81.5 Å². The number of benzene rings is 2. The van der Waals surface area contributed by atoms with Gasteiger partial charge in [-0.15, -0.1) is 0 Å². The van der Waals surface area contributed by atoms with Crippen LogP contribution < -0.4 is 5.32 Å². The lowest BCUT2D eigenvalue weighted by Gasteiger charge is -2.34. The van der Waals surface area contributed by atoms with Crippen molar-refractivity contribution < 1.29 is 9.53 Å². The lowest BCUT2D eigenvalue weighted by Crippen LogP contribution is -2.48. The molecule has 7 heteroatoms. The molecule has 3 heterocycles. The number of rotatable bonds is 5. The third-order valence-corrected chi connectivity index (χ3v) is 6.75. The van der Waals surface area contributed by atoms with Crippen LogP contribution in [0, 0.1) is 11.3 Å². The van der Waals surface area contributed by atoms with Gasteiger partial charge in [0.05, 0.1) is 31.4 Å². The molecule has 0 unspecified atom stereocenters. The van der Waals surface area contributed by atoms with Crippen LogP contribution in [0.5, 0.6) is 0 Å². The Hall–Kier alpha value is -3.47. The van der Waals surface area contributed by atoms with E-state index in [-0.39, 0.29) is 5.91 Å². The Balaban J connectivity index is 1.28. The number of anilines is 1. The highest BCUT2D eigenvalue weighted by molar-refractivity contribution is 5.97. The highest BCUT2D eigenvalue weighted by atomic mass is 16.5. The van der Waals surface area contributed by atoms with Crippen LogP contribution in [0.3, 0.4) is 0 Å². The largest absolute Gasteiger partial charge is 0.382 e. The van der Waals surface area contributed by atoms with Crippen molar-refractivity contribution in [3.63, 3.8) is 0 Å². The molecule has 2 aromatic carbocycles. The monoisotopic (exact) mass is 455 g/mol. The lowest BCUT2D eigenvalue weighted by atomic mass is 9.98. The first-order chi connectivity index (χ1) is 16.7. The number of pyridine rings is 1. The average Bonchev–Trinajstić information content (AvgIpc) is 2.90. The van der Waals surface area contributed by atoms with E-state index in [1.807, 2.05) is 47.6 Å². The SMILES string of the molecule is N#Cc1cccc(-c2cc(NC3CCN(CC(=O)N4CCOCC4)CC3)c3cnccc3c2)c1. The molecular weight excluding hydrogens is 426 g/mol. The number of piperidine rings is 1. The van der Waals surface area contributed by atoms with Gasteiger partial charge in [0, 0.05) is 55.7 Å². The summed E-state index contributed by atoms with van der Waals surface area (Å²) in [5.41, 5.74) is 3.82. The van der Waals surface area contributed by atoms with Gasteiger partial charge in [-0.2, -0.15) is 5.26 Å². The molecule has 1 amide bonds. The van der Waals surface area contributed by atoms with E-state index in [0.29, 0.717) is 44.5 Å². The van der Waals surface area contributed by atoms with Crippen molar-refractivity contribution in [3.05, 3.63) is 60.4 Å². The van der Waals surface area contributed by atoms with Crippen molar-refractivity contribution in [1.82, 2.24) is 14.8 Å². The molecular formula is C27H29N5O2. The van der Waals surface area contributed by atoms with Crippen LogP contribution in [-0.2, 0) is 9.53 Å². The number of aromatic nitrogens is 1. The standard InChI is InChI=1S/C27H29N5O2/c28-17-20-2-1-3-21(14-20)23-15-22-4-7-29-18-25(22)26(16-23)30-24-5-8-31(9-6-24)19-27(33)32-10-12-34-13-11-32/h1-4,7,14-16,18,24,30H,5-6,8-13,19H2. The molecule has 3 aromatic rings. The summed E-state index contributed by atoms with van der Waals surface area (Å²) in [6.07, 6.45) is 5.67.